The topological polar surface area (TPSA) is 141 Å². The molecule has 0 bridgehead atoms. The van der Waals surface area contributed by atoms with Gasteiger partial charge in [-0.1, -0.05) is 36.4 Å². The van der Waals surface area contributed by atoms with Crippen LogP contribution >= 0.6 is 22.6 Å². The first kappa shape index (κ1) is 35.5. The number of hydrogen-bond acceptors (Lipinski definition) is 9. The van der Waals surface area contributed by atoms with Crippen molar-refractivity contribution in [3.05, 3.63) is 80.4 Å². The third kappa shape index (κ3) is 8.03. The molecular weight excluding hydrogens is 743 g/mol. The molecule has 2 aliphatic heterocycles. The summed E-state index contributed by atoms with van der Waals surface area (Å²) in [5.41, 5.74) is 2.44. The van der Waals surface area contributed by atoms with Crippen molar-refractivity contribution in [3.63, 3.8) is 0 Å². The molecule has 5 atom stereocenters. The van der Waals surface area contributed by atoms with E-state index in [0.717, 1.165) is 14.7 Å². The fourth-order valence-electron chi connectivity index (χ4n) is 7.14. The summed E-state index contributed by atoms with van der Waals surface area (Å²) in [6.07, 6.45) is 2.18. The smallest absolute Gasteiger partial charge is 0.339 e. The summed E-state index contributed by atoms with van der Waals surface area (Å²) in [6.45, 7) is 5.33. The van der Waals surface area contributed by atoms with E-state index in [1.54, 1.807) is 43.9 Å². The first-order valence-corrected chi connectivity index (χ1v) is 18.0. The Labute approximate surface area is 299 Å². The number of fused-ring (bicyclic) bond motifs is 2. The van der Waals surface area contributed by atoms with Crippen LogP contribution < -0.4 is 5.32 Å². The number of aliphatic hydroxyl groups excluding tert-OH is 1. The van der Waals surface area contributed by atoms with E-state index < -0.39 is 59.6 Å². The van der Waals surface area contributed by atoms with Crippen LogP contribution in [0.2, 0.25) is 0 Å². The van der Waals surface area contributed by atoms with Gasteiger partial charge in [-0.15, -0.1) is 0 Å². The first-order valence-electron chi connectivity index (χ1n) is 16.9. The molecule has 1 spiro atoms. The lowest BCUT2D eigenvalue weighted by Gasteiger charge is -2.33. The van der Waals surface area contributed by atoms with Crippen LogP contribution in [-0.2, 0) is 46.2 Å². The minimum atomic E-state index is -0.936. The molecule has 2 N–H and O–H groups in total. The average molecular weight is 787 g/mol. The molecule has 2 heterocycles. The van der Waals surface area contributed by atoms with Gasteiger partial charge >= 0.3 is 11.9 Å². The second-order valence-corrected chi connectivity index (χ2v) is 15.3. The lowest BCUT2D eigenvalue weighted by Crippen LogP contribution is -2.51. The molecule has 0 radical (unpaired) electrons. The van der Waals surface area contributed by atoms with Gasteiger partial charge in [-0.05, 0) is 92.0 Å². The number of hydrogen-bond donors (Lipinski definition) is 2. The highest BCUT2D eigenvalue weighted by Crippen LogP contribution is 2.45. The minimum absolute atomic E-state index is 0.0301. The van der Waals surface area contributed by atoms with E-state index in [-0.39, 0.29) is 31.8 Å². The number of nitrogens with one attached hydrogen (secondary N) is 1. The molecule has 0 aromatic heterocycles. The summed E-state index contributed by atoms with van der Waals surface area (Å²) < 4.78 is 25.4. The van der Waals surface area contributed by atoms with Crippen LogP contribution in [0.4, 0.5) is 0 Å². The second kappa shape index (κ2) is 14.5. The number of carbonyl (C=O) groups is 4. The van der Waals surface area contributed by atoms with E-state index in [2.05, 4.69) is 40.0 Å². The number of rotatable bonds is 9. The van der Waals surface area contributed by atoms with Gasteiger partial charge in [0.15, 0.2) is 5.79 Å². The van der Waals surface area contributed by atoms with Crippen molar-refractivity contribution in [1.82, 2.24) is 10.2 Å². The summed E-state index contributed by atoms with van der Waals surface area (Å²) in [5.74, 6) is -2.59. The molecule has 2 fully saturated rings. The zero-order valence-corrected chi connectivity index (χ0v) is 30.1. The zero-order valence-electron chi connectivity index (χ0n) is 28.0. The second-order valence-electron chi connectivity index (χ2n) is 14.2. The van der Waals surface area contributed by atoms with E-state index in [4.69, 9.17) is 18.9 Å². The summed E-state index contributed by atoms with van der Waals surface area (Å²) in [4.78, 5) is 54.9. The van der Waals surface area contributed by atoms with E-state index in [0.29, 0.717) is 43.4 Å². The average Bonchev–Trinajstić information content (AvgIpc) is 3.78. The Bertz CT molecular complexity index is 1610. The van der Waals surface area contributed by atoms with E-state index in [1.165, 1.54) is 0 Å². The number of amides is 2. The zero-order chi connectivity index (χ0) is 34.9. The summed E-state index contributed by atoms with van der Waals surface area (Å²) in [7, 11) is 0. The van der Waals surface area contributed by atoms with Crippen LogP contribution in [0.1, 0.15) is 74.4 Å². The largest absolute Gasteiger partial charge is 0.460 e. The number of halogens is 1. The molecule has 2 aromatic rings. The van der Waals surface area contributed by atoms with Crippen molar-refractivity contribution in [2.45, 2.75) is 108 Å². The summed E-state index contributed by atoms with van der Waals surface area (Å²) in [6, 6.07) is 13.8. The maximum atomic E-state index is 14.2. The summed E-state index contributed by atoms with van der Waals surface area (Å²) >= 11 is 2.09. The Balaban J connectivity index is 1.18. The lowest BCUT2D eigenvalue weighted by atomic mass is 9.91. The number of ether oxygens (including phenoxy) is 4. The third-order valence-electron chi connectivity index (χ3n) is 9.34. The number of benzene rings is 2. The van der Waals surface area contributed by atoms with Crippen LogP contribution in [0.25, 0.3) is 0 Å². The Hall–Kier alpha value is -3.33. The fraction of sp³-hybridized carbons (Fsp3) is 0.514. The molecule has 0 unspecified atom stereocenters. The van der Waals surface area contributed by atoms with Gasteiger partial charge in [0.25, 0.3) is 0 Å². The molecule has 2 aliphatic carbocycles. The SMILES string of the molecule is CC(C)(C)OC(=O)CC[C@@H](CO)NC(=O)[C@H]1CCCN1C(=O)C1=C[C@H]2OC3(Cc4ccccc4C3)O[C@H]2[C@H](OC(=O)c2ccccc2I)C1. The molecule has 49 heavy (non-hydrogen) atoms. The van der Waals surface area contributed by atoms with E-state index in [1.807, 2.05) is 24.3 Å². The Morgan fingerprint density at radius 2 is 1.76 bits per heavy atom. The van der Waals surface area contributed by atoms with Crippen molar-refractivity contribution < 1.29 is 43.2 Å². The van der Waals surface area contributed by atoms with Gasteiger partial charge in [0.1, 0.15) is 30.0 Å². The highest BCUT2D eigenvalue weighted by atomic mass is 127. The van der Waals surface area contributed by atoms with Gasteiger partial charge in [-0.2, -0.15) is 0 Å². The molecule has 2 aromatic carbocycles. The highest BCUT2D eigenvalue weighted by Gasteiger charge is 2.55. The monoisotopic (exact) mass is 786 g/mol. The number of aliphatic hydroxyl groups is 1. The van der Waals surface area contributed by atoms with Gasteiger partial charge in [0, 0.05) is 41.4 Å². The van der Waals surface area contributed by atoms with Gasteiger partial charge in [-0.25, -0.2) is 4.79 Å². The normalized spacial score (nSPS) is 24.5. The fourth-order valence-corrected chi connectivity index (χ4v) is 7.75. The number of nitrogens with zero attached hydrogens (tertiary/aromatic N) is 1. The molecule has 2 saturated heterocycles. The van der Waals surface area contributed by atoms with Crippen molar-refractivity contribution >= 4 is 46.3 Å². The molecule has 0 saturated carbocycles. The third-order valence-corrected chi connectivity index (χ3v) is 10.3. The minimum Gasteiger partial charge on any atom is -0.460 e. The molecule has 12 heteroatoms. The van der Waals surface area contributed by atoms with E-state index in [9.17, 15) is 24.3 Å². The van der Waals surface area contributed by atoms with Crippen LogP contribution in [0.5, 0.6) is 0 Å². The number of carbonyl (C=O) groups excluding carboxylic acids is 4. The molecule has 2 amide bonds. The molecule has 262 valence electrons. The maximum absolute atomic E-state index is 14.2. The summed E-state index contributed by atoms with van der Waals surface area (Å²) in [5, 5.41) is 12.8. The first-order chi connectivity index (χ1) is 23.3. The highest BCUT2D eigenvalue weighted by molar-refractivity contribution is 14.1. The van der Waals surface area contributed by atoms with Crippen LogP contribution in [-0.4, -0.2) is 88.7 Å². The standard InChI is InChI=1S/C37H43IN2O9/c1-36(2,3)48-31(42)15-14-25(21-41)39-33(43)28-13-8-16-40(28)34(44)24-17-29(46-35(45)26-11-6-7-12-27(26)38)32-30(18-24)47-37(49-32)19-22-9-4-5-10-23(22)20-37/h4-7,9-12,18,25,28-30,32,41H,8,13-17,19-21H2,1-3H3,(H,39,43)/t25-,28+,29+,30+,32-/m0/s1. The Kier molecular flexibility index (Phi) is 10.5. The Morgan fingerprint density at radius 3 is 2.43 bits per heavy atom. The quantitative estimate of drug-likeness (QED) is 0.285. The van der Waals surface area contributed by atoms with Crippen molar-refractivity contribution in [2.24, 2.45) is 0 Å². The molecule has 6 rings (SSSR count). The molecule has 4 aliphatic rings. The van der Waals surface area contributed by atoms with Gasteiger partial charge in [-0.3, -0.25) is 14.4 Å². The van der Waals surface area contributed by atoms with Gasteiger partial charge in [0.05, 0.1) is 18.2 Å². The van der Waals surface area contributed by atoms with Crippen molar-refractivity contribution in [2.75, 3.05) is 13.2 Å². The molecular formula is C37H43IN2O9. The Morgan fingerprint density at radius 1 is 1.06 bits per heavy atom. The van der Waals surface area contributed by atoms with Crippen LogP contribution in [0.3, 0.4) is 0 Å². The van der Waals surface area contributed by atoms with Crippen LogP contribution in [0.15, 0.2) is 60.2 Å². The maximum Gasteiger partial charge on any atom is 0.339 e. The lowest BCUT2D eigenvalue weighted by molar-refractivity contribution is -0.172. The number of esters is 2. The van der Waals surface area contributed by atoms with Gasteiger partial charge < -0.3 is 34.3 Å². The van der Waals surface area contributed by atoms with Gasteiger partial charge in [0.2, 0.25) is 11.8 Å². The predicted molar refractivity (Wildman–Crippen MR) is 186 cm³/mol. The van der Waals surface area contributed by atoms with Crippen LogP contribution in [0, 0.1) is 3.57 Å². The molecule has 11 nitrogen and oxygen atoms in total. The van der Waals surface area contributed by atoms with Crippen molar-refractivity contribution in [3.8, 4) is 0 Å². The van der Waals surface area contributed by atoms with E-state index >= 15 is 0 Å². The number of likely N-dealkylation sites (tertiary alicyclic amines) is 1. The van der Waals surface area contributed by atoms with Crippen molar-refractivity contribution in [1.29, 1.82) is 0 Å². The predicted octanol–water partition coefficient (Wildman–Crippen LogP) is 4.02.